The lowest BCUT2D eigenvalue weighted by molar-refractivity contribution is -0.147. The molecule has 1 atom stereocenters. The third-order valence-corrected chi connectivity index (χ3v) is 5.05. The van der Waals surface area contributed by atoms with E-state index in [9.17, 15) is 14.7 Å². The Morgan fingerprint density at radius 1 is 0.882 bits per heavy atom. The Morgan fingerprint density at radius 2 is 1.50 bits per heavy atom. The molecule has 34 heavy (non-hydrogen) atoms. The number of nitrogens with one attached hydrogen (secondary N) is 1. The minimum absolute atomic E-state index is 0.0959. The number of esters is 1. The second-order valence-electron chi connectivity index (χ2n) is 9.11. The van der Waals surface area contributed by atoms with Crippen LogP contribution in [0.1, 0.15) is 43.0 Å². The lowest BCUT2D eigenvalue weighted by Gasteiger charge is -2.23. The van der Waals surface area contributed by atoms with Crippen LogP contribution >= 0.6 is 0 Å². The summed E-state index contributed by atoms with van der Waals surface area (Å²) in [6.45, 7) is 5.37. The summed E-state index contributed by atoms with van der Waals surface area (Å²) in [5.74, 6) is -0.425. The lowest BCUT2D eigenvalue weighted by Crippen LogP contribution is -2.45. The highest BCUT2D eigenvalue weighted by molar-refractivity contribution is 5.82. The van der Waals surface area contributed by atoms with Crippen molar-refractivity contribution >= 4 is 12.1 Å². The highest BCUT2D eigenvalue weighted by Crippen LogP contribution is 2.22. The summed E-state index contributed by atoms with van der Waals surface area (Å²) in [6.07, 6.45) is 0.0653. The summed E-state index contributed by atoms with van der Waals surface area (Å²) >= 11 is 0. The maximum atomic E-state index is 13.0. The van der Waals surface area contributed by atoms with Gasteiger partial charge in [0.15, 0.2) is 0 Å². The van der Waals surface area contributed by atoms with E-state index in [-0.39, 0.29) is 18.8 Å². The van der Waals surface area contributed by atoms with Crippen molar-refractivity contribution in [3.05, 3.63) is 101 Å². The van der Waals surface area contributed by atoms with E-state index in [0.29, 0.717) is 6.42 Å². The molecule has 0 aliphatic rings. The third kappa shape index (κ3) is 7.96. The van der Waals surface area contributed by atoms with Crippen LogP contribution in [0.2, 0.25) is 0 Å². The normalized spacial score (nSPS) is 12.0. The van der Waals surface area contributed by atoms with E-state index in [1.165, 1.54) is 0 Å². The van der Waals surface area contributed by atoms with Gasteiger partial charge < -0.3 is 19.9 Å². The van der Waals surface area contributed by atoms with E-state index in [1.54, 1.807) is 39.0 Å². The van der Waals surface area contributed by atoms with E-state index >= 15 is 0 Å². The molecule has 0 aromatic heterocycles. The minimum Gasteiger partial charge on any atom is -0.508 e. The summed E-state index contributed by atoms with van der Waals surface area (Å²) in [5.41, 5.74) is 2.89. The Hall–Kier alpha value is -3.80. The molecule has 1 amide bonds. The van der Waals surface area contributed by atoms with Gasteiger partial charge in [0, 0.05) is 6.42 Å². The van der Waals surface area contributed by atoms with Gasteiger partial charge in [0.2, 0.25) is 0 Å². The average Bonchev–Trinajstić information content (AvgIpc) is 2.79. The van der Waals surface area contributed by atoms with Gasteiger partial charge in [0.25, 0.3) is 0 Å². The number of carbonyl (C=O) groups excluding carboxylic acids is 2. The molecular formula is C28H31NO5. The molecule has 0 aliphatic heterocycles. The molecule has 0 aliphatic carbocycles. The maximum absolute atomic E-state index is 13.0. The Balaban J connectivity index is 1.81. The van der Waals surface area contributed by atoms with E-state index in [1.807, 2.05) is 60.7 Å². The molecule has 0 saturated heterocycles. The predicted molar refractivity (Wildman–Crippen MR) is 130 cm³/mol. The second kappa shape index (κ2) is 11.4. The number of amides is 1. The molecule has 0 radical (unpaired) electrons. The number of benzene rings is 3. The fourth-order valence-corrected chi connectivity index (χ4v) is 3.48. The first-order valence-corrected chi connectivity index (χ1v) is 11.2. The Morgan fingerprint density at radius 3 is 2.12 bits per heavy atom. The molecule has 0 bridgehead atoms. The van der Waals surface area contributed by atoms with Gasteiger partial charge >= 0.3 is 12.1 Å². The number of phenols is 1. The van der Waals surface area contributed by atoms with Crippen LogP contribution in [0.25, 0.3) is 0 Å². The van der Waals surface area contributed by atoms with Crippen LogP contribution in [0, 0.1) is 0 Å². The Bertz CT molecular complexity index is 1090. The van der Waals surface area contributed by atoms with Gasteiger partial charge in [-0.05, 0) is 61.6 Å². The highest BCUT2D eigenvalue weighted by atomic mass is 16.6. The summed E-state index contributed by atoms with van der Waals surface area (Å²) in [4.78, 5) is 25.5. The van der Waals surface area contributed by atoms with Gasteiger partial charge in [0.1, 0.15) is 24.0 Å². The highest BCUT2D eigenvalue weighted by Gasteiger charge is 2.27. The largest absolute Gasteiger partial charge is 0.508 e. The maximum Gasteiger partial charge on any atom is 0.408 e. The summed E-state index contributed by atoms with van der Waals surface area (Å²) in [7, 11) is 0. The minimum atomic E-state index is -0.961. The molecule has 0 heterocycles. The second-order valence-corrected chi connectivity index (χ2v) is 9.11. The molecule has 3 rings (SSSR count). The molecule has 0 spiro atoms. The first kappa shape index (κ1) is 24.8. The fraction of sp³-hybridized carbons (Fsp3) is 0.286. The number of rotatable bonds is 8. The number of hydrogen-bond acceptors (Lipinski definition) is 5. The van der Waals surface area contributed by atoms with E-state index in [2.05, 4.69) is 5.32 Å². The van der Waals surface area contributed by atoms with Crippen LogP contribution in [0.4, 0.5) is 4.79 Å². The van der Waals surface area contributed by atoms with Crippen molar-refractivity contribution in [3.63, 3.8) is 0 Å². The monoisotopic (exact) mass is 461 g/mol. The molecule has 0 saturated carbocycles. The smallest absolute Gasteiger partial charge is 0.408 e. The van der Waals surface area contributed by atoms with E-state index in [4.69, 9.17) is 9.47 Å². The third-order valence-electron chi connectivity index (χ3n) is 5.05. The van der Waals surface area contributed by atoms with Gasteiger partial charge in [-0.15, -0.1) is 0 Å². The standard InChI is InChI=1S/C28H31NO5/c1-28(2,3)34-27(32)29-25(26(31)33-19-21-12-8-5-9-13-21)18-22-14-15-24(30)17-23(22)16-20-10-6-4-7-11-20/h4-15,17,25,30H,16,18-19H2,1-3H3,(H,29,32)/t25-/m0/s1. The predicted octanol–water partition coefficient (Wildman–Crippen LogP) is 5.16. The Labute approximate surface area is 200 Å². The van der Waals surface area contributed by atoms with Crippen molar-refractivity contribution in [2.45, 2.75) is 51.9 Å². The van der Waals surface area contributed by atoms with E-state index in [0.717, 1.165) is 22.3 Å². The van der Waals surface area contributed by atoms with Crippen molar-refractivity contribution in [2.75, 3.05) is 0 Å². The van der Waals surface area contributed by atoms with Crippen LogP contribution in [0.3, 0.4) is 0 Å². The zero-order chi connectivity index (χ0) is 24.6. The molecule has 178 valence electrons. The molecule has 6 nitrogen and oxygen atoms in total. The van der Waals surface area contributed by atoms with Crippen molar-refractivity contribution in [3.8, 4) is 5.75 Å². The zero-order valence-electron chi connectivity index (χ0n) is 19.8. The zero-order valence-corrected chi connectivity index (χ0v) is 19.8. The van der Waals surface area contributed by atoms with Crippen molar-refractivity contribution < 1.29 is 24.2 Å². The number of hydrogen-bond donors (Lipinski definition) is 2. The molecule has 6 heteroatoms. The quantitative estimate of drug-likeness (QED) is 0.453. The van der Waals surface area contributed by atoms with Gasteiger partial charge in [-0.2, -0.15) is 0 Å². The van der Waals surface area contributed by atoms with E-state index < -0.39 is 23.7 Å². The van der Waals surface area contributed by atoms with Crippen molar-refractivity contribution in [1.82, 2.24) is 5.32 Å². The fourth-order valence-electron chi connectivity index (χ4n) is 3.48. The average molecular weight is 462 g/mol. The number of ether oxygens (including phenoxy) is 2. The number of phenolic OH excluding ortho intramolecular Hbond substituents is 1. The van der Waals surface area contributed by atoms with Crippen LogP contribution in [0.15, 0.2) is 78.9 Å². The van der Waals surface area contributed by atoms with Gasteiger partial charge in [0.05, 0.1) is 0 Å². The van der Waals surface area contributed by atoms with Crippen LogP contribution in [-0.2, 0) is 33.7 Å². The first-order valence-electron chi connectivity index (χ1n) is 11.2. The SMILES string of the molecule is CC(C)(C)OC(=O)N[C@@H](Cc1ccc(O)cc1Cc1ccccc1)C(=O)OCc1ccccc1. The molecule has 2 N–H and O–H groups in total. The van der Waals surface area contributed by atoms with Crippen molar-refractivity contribution in [2.24, 2.45) is 0 Å². The van der Waals surface area contributed by atoms with Gasteiger partial charge in [-0.1, -0.05) is 66.7 Å². The molecular weight excluding hydrogens is 430 g/mol. The summed E-state index contributed by atoms with van der Waals surface area (Å²) in [6, 6.07) is 23.2. The Kier molecular flexibility index (Phi) is 8.30. The number of aromatic hydroxyl groups is 1. The number of carbonyl (C=O) groups is 2. The van der Waals surface area contributed by atoms with Crippen LogP contribution in [0.5, 0.6) is 5.75 Å². The molecule has 3 aromatic rings. The number of alkyl carbamates (subject to hydrolysis) is 1. The molecule has 0 unspecified atom stereocenters. The van der Waals surface area contributed by atoms with Gasteiger partial charge in [-0.3, -0.25) is 0 Å². The van der Waals surface area contributed by atoms with Crippen LogP contribution in [-0.4, -0.2) is 28.8 Å². The molecule has 3 aromatic carbocycles. The van der Waals surface area contributed by atoms with Crippen LogP contribution < -0.4 is 5.32 Å². The first-order chi connectivity index (χ1) is 16.2. The summed E-state index contributed by atoms with van der Waals surface area (Å²) in [5, 5.41) is 12.7. The lowest BCUT2D eigenvalue weighted by atomic mass is 9.95. The topological polar surface area (TPSA) is 84.9 Å². The molecule has 0 fully saturated rings. The van der Waals surface area contributed by atoms with Gasteiger partial charge in [-0.25, -0.2) is 9.59 Å². The summed E-state index contributed by atoms with van der Waals surface area (Å²) < 4.78 is 10.9. The van der Waals surface area contributed by atoms with Crippen molar-refractivity contribution in [1.29, 1.82) is 0 Å².